The summed E-state index contributed by atoms with van der Waals surface area (Å²) in [5.74, 6) is 1.31. The van der Waals surface area contributed by atoms with E-state index >= 15 is 0 Å². The van der Waals surface area contributed by atoms with E-state index in [0.717, 1.165) is 17.7 Å². The monoisotopic (exact) mass is 269 g/mol. The fourth-order valence-electron chi connectivity index (χ4n) is 1.85. The fourth-order valence-corrected chi connectivity index (χ4v) is 3.38. The molecule has 1 aromatic carbocycles. The predicted molar refractivity (Wildman–Crippen MR) is 72.1 cm³/mol. The Hall–Kier alpha value is -0.810. The standard InChI is InChI=1S/C12H15NO2S2/c14-12(9-2-1-3-11(16)8-9)13-10-4-6-17(15)7-5-10/h1-3,8,10,16H,4-7H2,(H,13,14). The number of carbonyl (C=O) groups is 1. The molecular weight excluding hydrogens is 254 g/mol. The first-order valence-electron chi connectivity index (χ1n) is 5.60. The van der Waals surface area contributed by atoms with Gasteiger partial charge < -0.3 is 5.32 Å². The van der Waals surface area contributed by atoms with E-state index in [1.54, 1.807) is 12.1 Å². The molecule has 3 nitrogen and oxygen atoms in total. The summed E-state index contributed by atoms with van der Waals surface area (Å²) in [5.41, 5.74) is 0.629. The maximum absolute atomic E-state index is 11.9. The van der Waals surface area contributed by atoms with Crippen LogP contribution in [0.4, 0.5) is 0 Å². The number of benzene rings is 1. The molecule has 1 N–H and O–H groups in total. The zero-order valence-electron chi connectivity index (χ0n) is 9.39. The van der Waals surface area contributed by atoms with Crippen molar-refractivity contribution in [2.45, 2.75) is 23.8 Å². The highest BCUT2D eigenvalue weighted by Gasteiger charge is 2.19. The summed E-state index contributed by atoms with van der Waals surface area (Å²) in [7, 11) is -0.687. The maximum atomic E-state index is 11.9. The fraction of sp³-hybridized carbons (Fsp3) is 0.417. The highest BCUT2D eigenvalue weighted by Crippen LogP contribution is 2.12. The van der Waals surface area contributed by atoms with Gasteiger partial charge in [0.05, 0.1) is 0 Å². The Morgan fingerprint density at radius 1 is 1.35 bits per heavy atom. The largest absolute Gasteiger partial charge is 0.349 e. The van der Waals surface area contributed by atoms with Crippen LogP contribution in [0.25, 0.3) is 0 Å². The third kappa shape index (κ3) is 3.57. The summed E-state index contributed by atoms with van der Waals surface area (Å²) in [6, 6.07) is 7.33. The van der Waals surface area contributed by atoms with Crippen LogP contribution >= 0.6 is 12.6 Å². The van der Waals surface area contributed by atoms with Crippen molar-refractivity contribution >= 4 is 29.3 Å². The summed E-state index contributed by atoms with van der Waals surface area (Å²) < 4.78 is 11.2. The van der Waals surface area contributed by atoms with Crippen LogP contribution in [-0.2, 0) is 10.8 Å². The lowest BCUT2D eigenvalue weighted by atomic mass is 10.1. The number of thiol groups is 1. The van der Waals surface area contributed by atoms with Crippen LogP contribution in [-0.4, -0.2) is 27.7 Å². The van der Waals surface area contributed by atoms with Crippen LogP contribution in [0.1, 0.15) is 23.2 Å². The molecule has 1 aliphatic heterocycles. The SMILES string of the molecule is O=C(NC1CCS(=O)CC1)c1cccc(S)c1. The number of hydrogen-bond donors (Lipinski definition) is 2. The van der Waals surface area contributed by atoms with Gasteiger partial charge in [0.15, 0.2) is 0 Å². The van der Waals surface area contributed by atoms with E-state index in [2.05, 4.69) is 17.9 Å². The molecule has 17 heavy (non-hydrogen) atoms. The van der Waals surface area contributed by atoms with E-state index in [1.807, 2.05) is 12.1 Å². The number of rotatable bonds is 2. The first-order valence-corrected chi connectivity index (χ1v) is 7.53. The second-order valence-corrected chi connectivity index (χ2v) is 6.36. The van der Waals surface area contributed by atoms with Crippen LogP contribution in [0.3, 0.4) is 0 Å². The molecule has 1 amide bonds. The molecule has 92 valence electrons. The lowest BCUT2D eigenvalue weighted by molar-refractivity contribution is 0.0934. The minimum Gasteiger partial charge on any atom is -0.349 e. The van der Waals surface area contributed by atoms with Crippen molar-refractivity contribution in [3.8, 4) is 0 Å². The van der Waals surface area contributed by atoms with Crippen LogP contribution in [0.15, 0.2) is 29.2 Å². The van der Waals surface area contributed by atoms with Gasteiger partial charge in [0.1, 0.15) is 0 Å². The van der Waals surface area contributed by atoms with E-state index < -0.39 is 10.8 Å². The van der Waals surface area contributed by atoms with Gasteiger partial charge in [0, 0.05) is 38.8 Å². The summed E-state index contributed by atoms with van der Waals surface area (Å²) >= 11 is 4.21. The van der Waals surface area contributed by atoms with E-state index in [-0.39, 0.29) is 11.9 Å². The predicted octanol–water partition coefficient (Wildman–Crippen LogP) is 1.62. The van der Waals surface area contributed by atoms with Gasteiger partial charge in [-0.1, -0.05) is 6.07 Å². The number of nitrogens with one attached hydrogen (secondary N) is 1. The first kappa shape index (κ1) is 12.6. The molecule has 0 radical (unpaired) electrons. The third-order valence-corrected chi connectivity index (χ3v) is 4.49. The molecule has 0 aliphatic carbocycles. The highest BCUT2D eigenvalue weighted by molar-refractivity contribution is 7.85. The Balaban J connectivity index is 1.95. The van der Waals surface area contributed by atoms with Gasteiger partial charge in [-0.2, -0.15) is 0 Å². The lowest BCUT2D eigenvalue weighted by Gasteiger charge is -2.22. The molecule has 1 aliphatic rings. The molecule has 2 rings (SSSR count). The summed E-state index contributed by atoms with van der Waals surface area (Å²) in [6.45, 7) is 0. The summed E-state index contributed by atoms with van der Waals surface area (Å²) in [5, 5.41) is 2.98. The van der Waals surface area contributed by atoms with Crippen molar-refractivity contribution in [1.29, 1.82) is 0 Å². The van der Waals surface area contributed by atoms with E-state index in [9.17, 15) is 9.00 Å². The van der Waals surface area contributed by atoms with E-state index in [1.165, 1.54) is 0 Å². The molecule has 0 bridgehead atoms. The van der Waals surface area contributed by atoms with Crippen LogP contribution in [0, 0.1) is 0 Å². The van der Waals surface area contributed by atoms with Gasteiger partial charge in [0.2, 0.25) is 0 Å². The molecule has 0 aromatic heterocycles. The molecule has 0 atom stereocenters. The van der Waals surface area contributed by atoms with Crippen molar-refractivity contribution in [1.82, 2.24) is 5.32 Å². The number of carbonyl (C=O) groups excluding carboxylic acids is 1. The van der Waals surface area contributed by atoms with Gasteiger partial charge in [-0.25, -0.2) is 0 Å². The molecular formula is C12H15NO2S2. The average molecular weight is 269 g/mol. The van der Waals surface area contributed by atoms with Crippen LogP contribution < -0.4 is 5.32 Å². The molecule has 5 heteroatoms. The molecule has 1 aromatic rings. The van der Waals surface area contributed by atoms with Crippen LogP contribution in [0.2, 0.25) is 0 Å². The normalized spacial score (nSPS) is 24.3. The van der Waals surface area contributed by atoms with Crippen molar-refractivity contribution < 1.29 is 9.00 Å². The van der Waals surface area contributed by atoms with Gasteiger partial charge >= 0.3 is 0 Å². The second kappa shape index (κ2) is 5.69. The Kier molecular flexibility index (Phi) is 4.23. The van der Waals surface area contributed by atoms with Gasteiger partial charge in [-0.15, -0.1) is 12.6 Å². The average Bonchev–Trinajstić information content (AvgIpc) is 2.32. The van der Waals surface area contributed by atoms with Crippen molar-refractivity contribution in [3.63, 3.8) is 0 Å². The molecule has 1 saturated heterocycles. The van der Waals surface area contributed by atoms with Gasteiger partial charge in [0.25, 0.3) is 5.91 Å². The van der Waals surface area contributed by atoms with Crippen molar-refractivity contribution in [3.05, 3.63) is 29.8 Å². The van der Waals surface area contributed by atoms with Gasteiger partial charge in [-0.3, -0.25) is 9.00 Å². The second-order valence-electron chi connectivity index (χ2n) is 4.15. The molecule has 1 fully saturated rings. The first-order chi connectivity index (χ1) is 8.15. The molecule has 1 heterocycles. The third-order valence-electron chi connectivity index (χ3n) is 2.83. The zero-order chi connectivity index (χ0) is 12.3. The lowest BCUT2D eigenvalue weighted by Crippen LogP contribution is -2.39. The molecule has 0 saturated carbocycles. The molecule has 0 unspecified atom stereocenters. The Morgan fingerprint density at radius 2 is 2.06 bits per heavy atom. The van der Waals surface area contributed by atoms with Crippen molar-refractivity contribution in [2.24, 2.45) is 0 Å². The van der Waals surface area contributed by atoms with Crippen molar-refractivity contribution in [2.75, 3.05) is 11.5 Å². The number of amides is 1. The van der Waals surface area contributed by atoms with E-state index in [0.29, 0.717) is 17.1 Å². The Bertz CT molecular complexity index is 438. The summed E-state index contributed by atoms with van der Waals surface area (Å²) in [4.78, 5) is 12.7. The summed E-state index contributed by atoms with van der Waals surface area (Å²) in [6.07, 6.45) is 1.61. The highest BCUT2D eigenvalue weighted by atomic mass is 32.2. The van der Waals surface area contributed by atoms with Gasteiger partial charge in [-0.05, 0) is 31.0 Å². The zero-order valence-corrected chi connectivity index (χ0v) is 11.1. The quantitative estimate of drug-likeness (QED) is 0.801. The van der Waals surface area contributed by atoms with E-state index in [4.69, 9.17) is 0 Å². The van der Waals surface area contributed by atoms with Crippen LogP contribution in [0.5, 0.6) is 0 Å². The minimum atomic E-state index is -0.687. The smallest absolute Gasteiger partial charge is 0.251 e. The Morgan fingerprint density at radius 3 is 2.71 bits per heavy atom. The molecule has 0 spiro atoms. The topological polar surface area (TPSA) is 46.2 Å². The maximum Gasteiger partial charge on any atom is 0.251 e. The number of hydrogen-bond acceptors (Lipinski definition) is 3. The minimum absolute atomic E-state index is 0.0708. The Labute approximate surface area is 109 Å².